The number of nitrogens with zero attached hydrogens (tertiary/aromatic N) is 2. The zero-order valence-electron chi connectivity index (χ0n) is 16.0. The molecule has 1 aromatic carbocycles. The minimum atomic E-state index is 0.770. The van der Waals surface area contributed by atoms with Gasteiger partial charge in [0.25, 0.3) is 0 Å². The number of anilines is 1. The van der Waals surface area contributed by atoms with Crippen LogP contribution in [-0.2, 0) is 11.3 Å². The molecule has 0 aliphatic heterocycles. The molecule has 5 heteroatoms. The molecule has 0 bridgehead atoms. The van der Waals surface area contributed by atoms with Gasteiger partial charge in [0, 0.05) is 53.1 Å². The number of hydrogen-bond donors (Lipinski definition) is 2. The largest absolute Gasteiger partial charge is 0.381 e. The van der Waals surface area contributed by atoms with Crippen LogP contribution >= 0.6 is 0 Å². The zero-order chi connectivity index (χ0) is 17.8. The molecule has 0 aliphatic rings. The number of unbranched alkanes of at least 4 members (excludes halogenated alkanes) is 1. The molecule has 0 aromatic heterocycles. The fourth-order valence-corrected chi connectivity index (χ4v) is 2.29. The summed E-state index contributed by atoms with van der Waals surface area (Å²) in [5.41, 5.74) is 3.79. The molecular formula is C19H34N4O. The van der Waals surface area contributed by atoms with E-state index in [1.807, 2.05) is 0 Å². The lowest BCUT2D eigenvalue weighted by Gasteiger charge is -2.16. The van der Waals surface area contributed by atoms with E-state index in [0.717, 1.165) is 45.1 Å². The number of aryl methyl sites for hydroxylation is 1. The molecule has 0 aliphatic carbocycles. The highest BCUT2D eigenvalue weighted by molar-refractivity contribution is 5.79. The maximum atomic E-state index is 5.56. The molecule has 2 N–H and O–H groups in total. The van der Waals surface area contributed by atoms with E-state index in [1.165, 1.54) is 23.2 Å². The van der Waals surface area contributed by atoms with E-state index in [2.05, 4.69) is 66.7 Å². The Balaban J connectivity index is 2.31. The molecule has 1 aromatic rings. The SMILES string of the molecule is CCCCOCCCNC(=NC)NCc1ccc(N(C)C)cc1C. The predicted octanol–water partition coefficient (Wildman–Crippen LogP) is 2.93. The summed E-state index contributed by atoms with van der Waals surface area (Å²) in [7, 11) is 5.92. The van der Waals surface area contributed by atoms with Crippen molar-refractivity contribution in [3.8, 4) is 0 Å². The second kappa shape index (κ2) is 11.7. The summed E-state index contributed by atoms with van der Waals surface area (Å²) in [5, 5.41) is 6.70. The third-order valence-corrected chi connectivity index (χ3v) is 3.91. The van der Waals surface area contributed by atoms with Gasteiger partial charge in [0.2, 0.25) is 0 Å². The first-order valence-corrected chi connectivity index (χ1v) is 8.87. The van der Waals surface area contributed by atoms with Gasteiger partial charge in [-0.25, -0.2) is 0 Å². The number of aliphatic imine (C=N–C) groups is 1. The molecule has 0 saturated heterocycles. The second-order valence-corrected chi connectivity index (χ2v) is 6.18. The van der Waals surface area contributed by atoms with Gasteiger partial charge in [-0.1, -0.05) is 19.4 Å². The first-order chi connectivity index (χ1) is 11.6. The van der Waals surface area contributed by atoms with Gasteiger partial charge in [-0.2, -0.15) is 0 Å². The van der Waals surface area contributed by atoms with Gasteiger partial charge in [0.1, 0.15) is 0 Å². The zero-order valence-corrected chi connectivity index (χ0v) is 16.0. The van der Waals surface area contributed by atoms with Crippen LogP contribution in [0.1, 0.15) is 37.3 Å². The van der Waals surface area contributed by atoms with Crippen LogP contribution in [0.3, 0.4) is 0 Å². The fraction of sp³-hybridized carbons (Fsp3) is 0.632. The van der Waals surface area contributed by atoms with Crippen LogP contribution in [0, 0.1) is 6.92 Å². The summed E-state index contributed by atoms with van der Waals surface area (Å²) in [6.45, 7) is 7.63. The molecule has 0 unspecified atom stereocenters. The van der Waals surface area contributed by atoms with Crippen molar-refractivity contribution in [1.29, 1.82) is 0 Å². The molecule has 0 fully saturated rings. The van der Waals surface area contributed by atoms with Gasteiger partial charge in [0.15, 0.2) is 5.96 Å². The minimum Gasteiger partial charge on any atom is -0.381 e. The maximum absolute atomic E-state index is 5.56. The van der Waals surface area contributed by atoms with Crippen molar-refractivity contribution in [3.05, 3.63) is 29.3 Å². The Kier molecular flexibility index (Phi) is 9.92. The summed E-state index contributed by atoms with van der Waals surface area (Å²) in [4.78, 5) is 6.39. The van der Waals surface area contributed by atoms with E-state index in [9.17, 15) is 0 Å². The number of hydrogen-bond acceptors (Lipinski definition) is 3. The van der Waals surface area contributed by atoms with Crippen LogP contribution in [0.4, 0.5) is 5.69 Å². The monoisotopic (exact) mass is 334 g/mol. The first kappa shape index (κ1) is 20.3. The predicted molar refractivity (Wildman–Crippen MR) is 104 cm³/mol. The van der Waals surface area contributed by atoms with Crippen molar-refractivity contribution in [3.63, 3.8) is 0 Å². The van der Waals surface area contributed by atoms with Gasteiger partial charge < -0.3 is 20.3 Å². The van der Waals surface area contributed by atoms with E-state index in [1.54, 1.807) is 7.05 Å². The van der Waals surface area contributed by atoms with Crippen molar-refractivity contribution in [2.75, 3.05) is 45.8 Å². The molecule has 136 valence electrons. The van der Waals surface area contributed by atoms with Crippen LogP contribution in [0.5, 0.6) is 0 Å². The molecule has 0 radical (unpaired) electrons. The highest BCUT2D eigenvalue weighted by Gasteiger charge is 2.03. The molecule has 0 spiro atoms. The average Bonchev–Trinajstić information content (AvgIpc) is 2.57. The molecule has 0 heterocycles. The average molecular weight is 335 g/mol. The van der Waals surface area contributed by atoms with Crippen molar-refractivity contribution in [2.24, 2.45) is 4.99 Å². The third kappa shape index (κ3) is 7.68. The Hall–Kier alpha value is -1.75. The smallest absolute Gasteiger partial charge is 0.191 e. The van der Waals surface area contributed by atoms with Gasteiger partial charge in [-0.05, 0) is 43.0 Å². The van der Waals surface area contributed by atoms with E-state index in [0.29, 0.717) is 0 Å². The van der Waals surface area contributed by atoms with Gasteiger partial charge in [-0.3, -0.25) is 4.99 Å². The number of nitrogens with one attached hydrogen (secondary N) is 2. The van der Waals surface area contributed by atoms with Crippen molar-refractivity contribution in [1.82, 2.24) is 10.6 Å². The summed E-state index contributed by atoms with van der Waals surface area (Å²) in [5.74, 6) is 0.833. The molecular weight excluding hydrogens is 300 g/mol. The van der Waals surface area contributed by atoms with Crippen LogP contribution in [0.2, 0.25) is 0 Å². The van der Waals surface area contributed by atoms with E-state index >= 15 is 0 Å². The van der Waals surface area contributed by atoms with Crippen molar-refractivity contribution >= 4 is 11.6 Å². The molecule has 5 nitrogen and oxygen atoms in total. The van der Waals surface area contributed by atoms with Gasteiger partial charge >= 0.3 is 0 Å². The Morgan fingerprint density at radius 2 is 1.92 bits per heavy atom. The highest BCUT2D eigenvalue weighted by Crippen LogP contribution is 2.17. The fourth-order valence-electron chi connectivity index (χ4n) is 2.29. The van der Waals surface area contributed by atoms with Crippen molar-refractivity contribution < 1.29 is 4.74 Å². The van der Waals surface area contributed by atoms with Crippen molar-refractivity contribution in [2.45, 2.75) is 39.7 Å². The Morgan fingerprint density at radius 3 is 2.54 bits per heavy atom. The molecule has 0 atom stereocenters. The van der Waals surface area contributed by atoms with Crippen LogP contribution in [0.25, 0.3) is 0 Å². The third-order valence-electron chi connectivity index (χ3n) is 3.91. The van der Waals surface area contributed by atoms with Gasteiger partial charge in [0.05, 0.1) is 0 Å². The van der Waals surface area contributed by atoms with Crippen LogP contribution in [0.15, 0.2) is 23.2 Å². The Bertz CT molecular complexity index is 500. The first-order valence-electron chi connectivity index (χ1n) is 8.87. The number of ether oxygens (including phenoxy) is 1. The van der Waals surface area contributed by atoms with Crippen LogP contribution < -0.4 is 15.5 Å². The number of benzene rings is 1. The number of rotatable bonds is 10. The van der Waals surface area contributed by atoms with E-state index in [4.69, 9.17) is 4.74 Å². The highest BCUT2D eigenvalue weighted by atomic mass is 16.5. The van der Waals surface area contributed by atoms with E-state index in [-0.39, 0.29) is 0 Å². The quantitative estimate of drug-likeness (QED) is 0.392. The topological polar surface area (TPSA) is 48.9 Å². The summed E-state index contributed by atoms with van der Waals surface area (Å²) < 4.78 is 5.56. The second-order valence-electron chi connectivity index (χ2n) is 6.18. The standard InChI is InChI=1S/C19H34N4O/c1-6-7-12-24-13-8-11-21-19(20-3)22-15-17-9-10-18(23(4)5)14-16(17)2/h9-10,14H,6-8,11-13,15H2,1-5H3,(H2,20,21,22). The summed E-state index contributed by atoms with van der Waals surface area (Å²) in [6, 6.07) is 6.53. The maximum Gasteiger partial charge on any atom is 0.191 e. The molecule has 1 rings (SSSR count). The molecule has 0 saturated carbocycles. The molecule has 0 amide bonds. The Labute approximate surface area is 147 Å². The summed E-state index contributed by atoms with van der Waals surface area (Å²) in [6.07, 6.45) is 3.31. The lowest BCUT2D eigenvalue weighted by Crippen LogP contribution is -2.37. The Morgan fingerprint density at radius 1 is 1.17 bits per heavy atom. The lowest BCUT2D eigenvalue weighted by atomic mass is 10.1. The van der Waals surface area contributed by atoms with Gasteiger partial charge in [-0.15, -0.1) is 0 Å². The summed E-state index contributed by atoms with van der Waals surface area (Å²) >= 11 is 0. The van der Waals surface area contributed by atoms with Crippen LogP contribution in [-0.4, -0.2) is 46.9 Å². The molecule has 24 heavy (non-hydrogen) atoms. The normalized spacial score (nSPS) is 11.5. The minimum absolute atomic E-state index is 0.770. The number of guanidine groups is 1. The van der Waals surface area contributed by atoms with E-state index < -0.39 is 0 Å². The lowest BCUT2D eigenvalue weighted by molar-refractivity contribution is 0.129.